The molecule has 1 fully saturated rings. The Balaban J connectivity index is 1.29. The van der Waals surface area contributed by atoms with Crippen LogP contribution in [0.4, 0.5) is 5.82 Å². The van der Waals surface area contributed by atoms with Crippen molar-refractivity contribution in [2.75, 3.05) is 18.4 Å². The van der Waals surface area contributed by atoms with Crippen molar-refractivity contribution >= 4 is 23.3 Å². The highest BCUT2D eigenvalue weighted by atomic mass is 35.5. The van der Waals surface area contributed by atoms with Gasteiger partial charge in [0.1, 0.15) is 5.82 Å². The first kappa shape index (κ1) is 19.5. The fraction of sp³-hybridized carbons (Fsp3) is 0.333. The van der Waals surface area contributed by atoms with Crippen molar-refractivity contribution in [3.8, 4) is 11.4 Å². The molecular formula is C21H22ClN5O2. The first-order chi connectivity index (χ1) is 14.1. The number of nitrogens with one attached hydrogen (secondary N) is 1. The average Bonchev–Trinajstić information content (AvgIpc) is 3.17. The van der Waals surface area contributed by atoms with Crippen molar-refractivity contribution in [1.29, 1.82) is 0 Å². The van der Waals surface area contributed by atoms with Crippen molar-refractivity contribution in [1.82, 2.24) is 20.0 Å². The van der Waals surface area contributed by atoms with E-state index in [0.29, 0.717) is 29.1 Å². The first-order valence-corrected chi connectivity index (χ1v) is 9.99. The Labute approximate surface area is 174 Å². The predicted molar refractivity (Wildman–Crippen MR) is 110 cm³/mol. The van der Waals surface area contributed by atoms with Crippen LogP contribution >= 0.6 is 11.6 Å². The van der Waals surface area contributed by atoms with Gasteiger partial charge in [0.2, 0.25) is 17.6 Å². The Hall–Kier alpha value is -2.77. The molecule has 0 unspecified atom stereocenters. The van der Waals surface area contributed by atoms with Crippen LogP contribution in [0.5, 0.6) is 0 Å². The van der Waals surface area contributed by atoms with Gasteiger partial charge < -0.3 is 9.84 Å². The number of rotatable bonds is 5. The van der Waals surface area contributed by atoms with Gasteiger partial charge >= 0.3 is 0 Å². The second-order valence-corrected chi connectivity index (χ2v) is 7.71. The van der Waals surface area contributed by atoms with Crippen LogP contribution in [0.25, 0.3) is 11.4 Å². The standard InChI is InChI=1S/C21H22ClN5O2/c1-14-6-9-23-18(12-14)24-21(28)16-7-10-27(11-8-16)13-19-25-20(26-29-19)15-2-4-17(22)5-3-15/h2-6,9,12,16H,7-8,10-11,13H2,1H3,(H,23,24,28). The van der Waals surface area contributed by atoms with Gasteiger partial charge in [0, 0.05) is 22.7 Å². The van der Waals surface area contributed by atoms with Crippen LogP contribution in [0.2, 0.25) is 5.02 Å². The molecule has 3 heterocycles. The number of carbonyl (C=O) groups is 1. The van der Waals surface area contributed by atoms with Gasteiger partial charge in [-0.25, -0.2) is 4.98 Å². The van der Waals surface area contributed by atoms with Gasteiger partial charge in [-0.15, -0.1) is 0 Å². The summed E-state index contributed by atoms with van der Waals surface area (Å²) in [6, 6.07) is 11.1. The normalized spacial score (nSPS) is 15.4. The van der Waals surface area contributed by atoms with E-state index < -0.39 is 0 Å². The van der Waals surface area contributed by atoms with Gasteiger partial charge in [-0.3, -0.25) is 9.69 Å². The molecule has 0 radical (unpaired) electrons. The number of aryl methyl sites for hydroxylation is 1. The molecule has 0 spiro atoms. The van der Waals surface area contributed by atoms with E-state index in [4.69, 9.17) is 16.1 Å². The summed E-state index contributed by atoms with van der Waals surface area (Å²) in [7, 11) is 0. The second kappa shape index (κ2) is 8.71. The Morgan fingerprint density at radius 2 is 2.00 bits per heavy atom. The molecule has 1 aliphatic rings. The van der Waals surface area contributed by atoms with Gasteiger partial charge in [-0.1, -0.05) is 16.8 Å². The van der Waals surface area contributed by atoms with E-state index in [1.807, 2.05) is 31.2 Å². The molecule has 0 bridgehead atoms. The number of nitrogens with zero attached hydrogens (tertiary/aromatic N) is 4. The van der Waals surface area contributed by atoms with Crippen LogP contribution in [0.3, 0.4) is 0 Å². The smallest absolute Gasteiger partial charge is 0.241 e. The average molecular weight is 412 g/mol. The highest BCUT2D eigenvalue weighted by Crippen LogP contribution is 2.22. The SMILES string of the molecule is Cc1ccnc(NC(=O)C2CCN(Cc3nc(-c4ccc(Cl)cc4)no3)CC2)c1. The number of halogens is 1. The number of piperidine rings is 1. The van der Waals surface area contributed by atoms with Crippen LogP contribution in [0.15, 0.2) is 47.1 Å². The van der Waals surface area contributed by atoms with Gasteiger partial charge in [0.05, 0.1) is 6.54 Å². The molecule has 1 saturated heterocycles. The molecule has 8 heteroatoms. The lowest BCUT2D eigenvalue weighted by atomic mass is 9.96. The molecule has 1 aliphatic heterocycles. The Morgan fingerprint density at radius 3 is 2.72 bits per heavy atom. The van der Waals surface area contributed by atoms with E-state index in [0.717, 1.165) is 37.1 Å². The van der Waals surface area contributed by atoms with Gasteiger partial charge in [-0.05, 0) is 74.8 Å². The molecule has 4 rings (SSSR count). The molecule has 3 aromatic rings. The number of aromatic nitrogens is 3. The molecule has 1 N–H and O–H groups in total. The number of amides is 1. The van der Waals surface area contributed by atoms with E-state index in [1.54, 1.807) is 18.3 Å². The minimum absolute atomic E-state index is 0.0131. The lowest BCUT2D eigenvalue weighted by molar-refractivity contribution is -0.121. The minimum atomic E-state index is -0.0131. The number of anilines is 1. The number of hydrogen-bond acceptors (Lipinski definition) is 6. The van der Waals surface area contributed by atoms with Crippen molar-refractivity contribution < 1.29 is 9.32 Å². The van der Waals surface area contributed by atoms with Crippen LogP contribution in [-0.2, 0) is 11.3 Å². The van der Waals surface area contributed by atoms with Gasteiger partial charge in [0.15, 0.2) is 0 Å². The van der Waals surface area contributed by atoms with Gasteiger partial charge in [-0.2, -0.15) is 4.98 Å². The van der Waals surface area contributed by atoms with Crippen LogP contribution in [-0.4, -0.2) is 39.0 Å². The Morgan fingerprint density at radius 1 is 1.24 bits per heavy atom. The molecule has 7 nitrogen and oxygen atoms in total. The number of hydrogen-bond donors (Lipinski definition) is 1. The third kappa shape index (κ3) is 4.99. The van der Waals surface area contributed by atoms with Crippen molar-refractivity contribution in [2.45, 2.75) is 26.3 Å². The number of carbonyl (C=O) groups excluding carboxylic acids is 1. The van der Waals surface area contributed by atoms with Gasteiger partial charge in [0.25, 0.3) is 0 Å². The molecule has 2 aromatic heterocycles. The lowest BCUT2D eigenvalue weighted by Gasteiger charge is -2.30. The van der Waals surface area contributed by atoms with Crippen molar-refractivity contribution in [2.24, 2.45) is 5.92 Å². The second-order valence-electron chi connectivity index (χ2n) is 7.28. The summed E-state index contributed by atoms with van der Waals surface area (Å²) in [4.78, 5) is 23.4. The molecule has 0 atom stereocenters. The van der Waals surface area contributed by atoms with Crippen molar-refractivity contribution in [3.63, 3.8) is 0 Å². The molecule has 29 heavy (non-hydrogen) atoms. The quantitative estimate of drug-likeness (QED) is 0.684. The molecular weight excluding hydrogens is 390 g/mol. The largest absolute Gasteiger partial charge is 0.338 e. The molecule has 150 valence electrons. The Kier molecular flexibility index (Phi) is 5.87. The minimum Gasteiger partial charge on any atom is -0.338 e. The Bertz CT molecular complexity index is 981. The topological polar surface area (TPSA) is 84.2 Å². The van der Waals surface area contributed by atoms with Crippen LogP contribution in [0, 0.1) is 12.8 Å². The van der Waals surface area contributed by atoms with E-state index in [1.165, 1.54) is 0 Å². The van der Waals surface area contributed by atoms with E-state index in [-0.39, 0.29) is 11.8 Å². The maximum absolute atomic E-state index is 12.5. The highest BCUT2D eigenvalue weighted by Gasteiger charge is 2.26. The van der Waals surface area contributed by atoms with E-state index in [2.05, 4.69) is 25.3 Å². The first-order valence-electron chi connectivity index (χ1n) is 9.61. The van der Waals surface area contributed by atoms with E-state index in [9.17, 15) is 4.79 Å². The summed E-state index contributed by atoms with van der Waals surface area (Å²) in [5, 5.41) is 7.64. The fourth-order valence-electron chi connectivity index (χ4n) is 3.41. The number of benzene rings is 1. The fourth-order valence-corrected chi connectivity index (χ4v) is 3.54. The highest BCUT2D eigenvalue weighted by molar-refractivity contribution is 6.30. The lowest BCUT2D eigenvalue weighted by Crippen LogP contribution is -2.37. The molecule has 1 aromatic carbocycles. The third-order valence-electron chi connectivity index (χ3n) is 5.05. The molecule has 0 saturated carbocycles. The van der Waals surface area contributed by atoms with Crippen LogP contribution < -0.4 is 5.32 Å². The van der Waals surface area contributed by atoms with Crippen LogP contribution in [0.1, 0.15) is 24.3 Å². The summed E-state index contributed by atoms with van der Waals surface area (Å²) in [6.45, 7) is 4.16. The van der Waals surface area contributed by atoms with E-state index >= 15 is 0 Å². The maximum atomic E-state index is 12.5. The number of likely N-dealkylation sites (tertiary alicyclic amines) is 1. The zero-order chi connectivity index (χ0) is 20.2. The summed E-state index contributed by atoms with van der Waals surface area (Å²) < 4.78 is 5.39. The maximum Gasteiger partial charge on any atom is 0.241 e. The summed E-state index contributed by atoms with van der Waals surface area (Å²) in [5.41, 5.74) is 1.94. The zero-order valence-electron chi connectivity index (χ0n) is 16.1. The zero-order valence-corrected chi connectivity index (χ0v) is 16.9. The number of pyridine rings is 1. The summed E-state index contributed by atoms with van der Waals surface area (Å²) in [5.74, 6) is 1.75. The summed E-state index contributed by atoms with van der Waals surface area (Å²) in [6.07, 6.45) is 3.28. The predicted octanol–water partition coefficient (Wildman–Crippen LogP) is 3.94. The van der Waals surface area contributed by atoms with Crippen molar-refractivity contribution in [3.05, 3.63) is 59.1 Å². The molecule has 0 aliphatic carbocycles. The monoisotopic (exact) mass is 411 g/mol. The third-order valence-corrected chi connectivity index (χ3v) is 5.31. The summed E-state index contributed by atoms with van der Waals surface area (Å²) >= 11 is 5.92. The molecule has 1 amide bonds.